The van der Waals surface area contributed by atoms with Crippen molar-refractivity contribution in [2.24, 2.45) is 0 Å². The average molecular weight is 348 g/mol. The van der Waals surface area contributed by atoms with E-state index in [4.69, 9.17) is 9.47 Å². The molecule has 0 radical (unpaired) electrons. The highest BCUT2D eigenvalue weighted by Crippen LogP contribution is 2.22. The van der Waals surface area contributed by atoms with Gasteiger partial charge in [0.1, 0.15) is 0 Å². The topological polar surface area (TPSA) is 48.3 Å². The van der Waals surface area contributed by atoms with Crippen LogP contribution in [0.15, 0.2) is 4.47 Å². The molecule has 1 unspecified atom stereocenters. The van der Waals surface area contributed by atoms with E-state index in [0.29, 0.717) is 19.8 Å². The normalized spacial score (nSPS) is 12.8. The minimum Gasteiger partial charge on any atom is -0.382 e. The fraction of sp³-hybridized carbons (Fsp3) is 0.786. The Balaban J connectivity index is 2.64. The molecule has 0 spiro atoms. The van der Waals surface area contributed by atoms with E-state index in [1.165, 1.54) is 5.69 Å². The van der Waals surface area contributed by atoms with Crippen LogP contribution in [0.4, 0.5) is 0 Å². The standard InChI is InChI=1S/C14H26BrN3O2/c1-5-16-12(10-20-8-7-19-4)9-13-14(15)11(3)17-18(13)6-2/h12,16H,5-10H2,1-4H3. The molecule has 0 saturated carbocycles. The zero-order chi connectivity index (χ0) is 15.0. The molecule has 0 aliphatic carbocycles. The second kappa shape index (κ2) is 9.50. The quantitative estimate of drug-likeness (QED) is 0.659. The summed E-state index contributed by atoms with van der Waals surface area (Å²) < 4.78 is 13.8. The summed E-state index contributed by atoms with van der Waals surface area (Å²) in [5.74, 6) is 0. The molecule has 20 heavy (non-hydrogen) atoms. The fourth-order valence-electron chi connectivity index (χ4n) is 2.14. The van der Waals surface area contributed by atoms with Gasteiger partial charge in [-0.2, -0.15) is 5.10 Å². The number of nitrogens with one attached hydrogen (secondary N) is 1. The van der Waals surface area contributed by atoms with Crippen LogP contribution in [-0.2, 0) is 22.4 Å². The molecule has 1 rings (SSSR count). The van der Waals surface area contributed by atoms with Gasteiger partial charge in [0.15, 0.2) is 0 Å². The summed E-state index contributed by atoms with van der Waals surface area (Å²) in [4.78, 5) is 0. The van der Waals surface area contributed by atoms with Crippen LogP contribution in [0.1, 0.15) is 25.2 Å². The minimum atomic E-state index is 0.287. The van der Waals surface area contributed by atoms with Gasteiger partial charge in [0, 0.05) is 26.1 Å². The number of likely N-dealkylation sites (N-methyl/N-ethyl adjacent to an activating group) is 1. The molecule has 0 amide bonds. The first-order valence-corrected chi connectivity index (χ1v) is 7.95. The summed E-state index contributed by atoms with van der Waals surface area (Å²) in [6.07, 6.45) is 0.899. The Morgan fingerprint density at radius 2 is 2.10 bits per heavy atom. The van der Waals surface area contributed by atoms with Crippen molar-refractivity contribution in [1.29, 1.82) is 0 Å². The van der Waals surface area contributed by atoms with Gasteiger partial charge < -0.3 is 14.8 Å². The number of hydrogen-bond acceptors (Lipinski definition) is 4. The molecule has 0 bridgehead atoms. The van der Waals surface area contributed by atoms with Crippen molar-refractivity contribution in [2.45, 2.75) is 39.8 Å². The Hall–Kier alpha value is -0.430. The van der Waals surface area contributed by atoms with Gasteiger partial charge in [0.25, 0.3) is 0 Å². The molecule has 6 heteroatoms. The number of aryl methyl sites for hydroxylation is 2. The van der Waals surface area contributed by atoms with Crippen LogP contribution in [0.25, 0.3) is 0 Å². The van der Waals surface area contributed by atoms with Crippen LogP contribution in [0.5, 0.6) is 0 Å². The van der Waals surface area contributed by atoms with Crippen molar-refractivity contribution < 1.29 is 9.47 Å². The molecule has 1 atom stereocenters. The molecule has 5 nitrogen and oxygen atoms in total. The number of nitrogens with zero attached hydrogens (tertiary/aromatic N) is 2. The highest BCUT2D eigenvalue weighted by Gasteiger charge is 2.17. The van der Waals surface area contributed by atoms with E-state index in [-0.39, 0.29) is 6.04 Å². The lowest BCUT2D eigenvalue weighted by Crippen LogP contribution is -2.36. The van der Waals surface area contributed by atoms with E-state index >= 15 is 0 Å². The minimum absolute atomic E-state index is 0.287. The lowest BCUT2D eigenvalue weighted by atomic mass is 10.1. The summed E-state index contributed by atoms with van der Waals surface area (Å²) in [5.41, 5.74) is 2.27. The smallest absolute Gasteiger partial charge is 0.0738 e. The Morgan fingerprint density at radius 1 is 1.35 bits per heavy atom. The van der Waals surface area contributed by atoms with Gasteiger partial charge in [-0.1, -0.05) is 6.92 Å². The first kappa shape index (κ1) is 17.6. The first-order chi connectivity index (χ1) is 9.63. The number of halogens is 1. The zero-order valence-electron chi connectivity index (χ0n) is 12.9. The van der Waals surface area contributed by atoms with E-state index < -0.39 is 0 Å². The van der Waals surface area contributed by atoms with Crippen LogP contribution < -0.4 is 5.32 Å². The van der Waals surface area contributed by atoms with Gasteiger partial charge in [-0.3, -0.25) is 4.68 Å². The largest absolute Gasteiger partial charge is 0.382 e. The molecule has 1 aromatic rings. The summed E-state index contributed by atoms with van der Waals surface area (Å²) >= 11 is 3.64. The summed E-state index contributed by atoms with van der Waals surface area (Å²) in [6.45, 7) is 9.99. The molecule has 1 N–H and O–H groups in total. The molecule has 1 aromatic heterocycles. The van der Waals surface area contributed by atoms with Crippen molar-refractivity contribution in [1.82, 2.24) is 15.1 Å². The number of hydrogen-bond donors (Lipinski definition) is 1. The lowest BCUT2D eigenvalue weighted by molar-refractivity contribution is 0.0586. The van der Waals surface area contributed by atoms with Crippen LogP contribution in [-0.4, -0.2) is 49.3 Å². The van der Waals surface area contributed by atoms with Crippen LogP contribution >= 0.6 is 15.9 Å². The Labute approximate surface area is 130 Å². The van der Waals surface area contributed by atoms with E-state index in [2.05, 4.69) is 44.9 Å². The Bertz CT molecular complexity index is 396. The van der Waals surface area contributed by atoms with Crippen LogP contribution in [0.2, 0.25) is 0 Å². The van der Waals surface area contributed by atoms with Gasteiger partial charge >= 0.3 is 0 Å². The average Bonchev–Trinajstić information content (AvgIpc) is 2.71. The van der Waals surface area contributed by atoms with E-state index in [0.717, 1.165) is 29.7 Å². The predicted molar refractivity (Wildman–Crippen MR) is 84.2 cm³/mol. The van der Waals surface area contributed by atoms with Crippen LogP contribution in [0, 0.1) is 6.92 Å². The van der Waals surface area contributed by atoms with Gasteiger partial charge in [0.2, 0.25) is 0 Å². The molecule has 1 heterocycles. The Kier molecular flexibility index (Phi) is 8.37. The van der Waals surface area contributed by atoms with Gasteiger partial charge in [0.05, 0.1) is 35.7 Å². The maximum atomic E-state index is 5.65. The van der Waals surface area contributed by atoms with Gasteiger partial charge in [-0.25, -0.2) is 0 Å². The summed E-state index contributed by atoms with van der Waals surface area (Å²) in [5, 5.41) is 8.00. The SMILES string of the molecule is CCNC(COCCOC)Cc1c(Br)c(C)nn1CC. The van der Waals surface area contributed by atoms with Crippen LogP contribution in [0.3, 0.4) is 0 Å². The molecule has 0 aromatic carbocycles. The first-order valence-electron chi connectivity index (χ1n) is 7.15. The number of ether oxygens (including phenoxy) is 2. The van der Waals surface area contributed by atoms with E-state index in [9.17, 15) is 0 Å². The maximum Gasteiger partial charge on any atom is 0.0738 e. The molecule has 0 saturated heterocycles. The van der Waals surface area contributed by atoms with Crippen molar-refractivity contribution >= 4 is 15.9 Å². The van der Waals surface area contributed by atoms with E-state index in [1.807, 2.05) is 6.92 Å². The third kappa shape index (κ3) is 5.16. The van der Waals surface area contributed by atoms with Crippen molar-refractivity contribution in [2.75, 3.05) is 33.5 Å². The zero-order valence-corrected chi connectivity index (χ0v) is 14.5. The second-order valence-corrected chi connectivity index (χ2v) is 5.48. The Morgan fingerprint density at radius 3 is 2.70 bits per heavy atom. The van der Waals surface area contributed by atoms with E-state index in [1.54, 1.807) is 7.11 Å². The number of rotatable bonds is 10. The lowest BCUT2D eigenvalue weighted by Gasteiger charge is -2.19. The van der Waals surface area contributed by atoms with Crippen molar-refractivity contribution in [3.63, 3.8) is 0 Å². The number of aromatic nitrogens is 2. The summed E-state index contributed by atoms with van der Waals surface area (Å²) in [6, 6.07) is 0.287. The highest BCUT2D eigenvalue weighted by atomic mass is 79.9. The molecule has 0 fully saturated rings. The highest BCUT2D eigenvalue weighted by molar-refractivity contribution is 9.10. The van der Waals surface area contributed by atoms with Crippen molar-refractivity contribution in [3.05, 3.63) is 15.9 Å². The molecule has 0 aliphatic rings. The third-order valence-electron chi connectivity index (χ3n) is 3.14. The monoisotopic (exact) mass is 347 g/mol. The van der Waals surface area contributed by atoms with Crippen molar-refractivity contribution in [3.8, 4) is 0 Å². The number of methoxy groups -OCH3 is 1. The second-order valence-electron chi connectivity index (χ2n) is 4.69. The summed E-state index contributed by atoms with van der Waals surface area (Å²) in [7, 11) is 1.69. The molecule has 116 valence electrons. The maximum absolute atomic E-state index is 5.65. The predicted octanol–water partition coefficient (Wildman–Crippen LogP) is 2.16. The molecule has 0 aliphatic heterocycles. The van der Waals surface area contributed by atoms with Gasteiger partial charge in [-0.05, 0) is 36.3 Å². The third-order valence-corrected chi connectivity index (χ3v) is 4.17. The molecular weight excluding hydrogens is 322 g/mol. The van der Waals surface area contributed by atoms with Gasteiger partial charge in [-0.15, -0.1) is 0 Å². The fourth-order valence-corrected chi connectivity index (χ4v) is 2.59. The molecular formula is C14H26BrN3O2.